The fraction of sp³-hybridized carbons (Fsp3) is 0.533. The lowest BCUT2D eigenvalue weighted by Crippen LogP contribution is -2.30. The molecule has 2 rings (SSSR count). The lowest BCUT2D eigenvalue weighted by Gasteiger charge is -2.31. The fourth-order valence-corrected chi connectivity index (χ4v) is 3.04. The largest absolute Gasteiger partial charge is 0.322 e. The number of benzene rings is 1. The Labute approximate surface area is 128 Å². The molecular formula is C15H20BrClN2. The van der Waals surface area contributed by atoms with Crippen LogP contribution in [0.4, 0.5) is 0 Å². The Balaban J connectivity index is 2.71. The first-order chi connectivity index (χ1) is 9.05. The van der Waals surface area contributed by atoms with E-state index in [9.17, 15) is 0 Å². The van der Waals surface area contributed by atoms with E-state index in [1.54, 1.807) is 0 Å². The maximum atomic E-state index is 5.94. The number of aromatic nitrogens is 2. The Morgan fingerprint density at radius 1 is 1.32 bits per heavy atom. The molecule has 1 aromatic heterocycles. The van der Waals surface area contributed by atoms with E-state index in [2.05, 4.69) is 59.5 Å². The molecule has 2 aromatic rings. The van der Waals surface area contributed by atoms with Crippen LogP contribution in [0.15, 0.2) is 22.7 Å². The van der Waals surface area contributed by atoms with Crippen molar-refractivity contribution in [1.29, 1.82) is 0 Å². The summed E-state index contributed by atoms with van der Waals surface area (Å²) < 4.78 is 3.45. The lowest BCUT2D eigenvalue weighted by molar-refractivity contribution is 0.294. The number of aryl methyl sites for hydroxylation is 1. The van der Waals surface area contributed by atoms with E-state index in [1.807, 2.05) is 0 Å². The molecule has 2 nitrogen and oxygen atoms in total. The minimum absolute atomic E-state index is 0.101. The van der Waals surface area contributed by atoms with Crippen LogP contribution < -0.4 is 0 Å². The van der Waals surface area contributed by atoms with Crippen LogP contribution >= 0.6 is 27.5 Å². The van der Waals surface area contributed by atoms with Gasteiger partial charge in [0, 0.05) is 22.3 Å². The molecule has 0 spiro atoms. The summed E-state index contributed by atoms with van der Waals surface area (Å²) in [6.07, 6.45) is 2.98. The van der Waals surface area contributed by atoms with Crippen molar-refractivity contribution in [1.82, 2.24) is 9.55 Å². The van der Waals surface area contributed by atoms with Crippen molar-refractivity contribution in [3.63, 3.8) is 0 Å². The highest BCUT2D eigenvalue weighted by molar-refractivity contribution is 9.10. The third-order valence-electron chi connectivity index (χ3n) is 4.07. The average molecular weight is 344 g/mol. The second kappa shape index (κ2) is 5.84. The molecule has 0 saturated carbocycles. The van der Waals surface area contributed by atoms with Crippen molar-refractivity contribution in [2.45, 2.75) is 45.6 Å². The summed E-state index contributed by atoms with van der Waals surface area (Å²) in [7, 11) is 0. The van der Waals surface area contributed by atoms with E-state index in [0.717, 1.165) is 35.1 Å². The van der Waals surface area contributed by atoms with Crippen molar-refractivity contribution in [2.75, 3.05) is 5.88 Å². The molecule has 0 fully saturated rings. The topological polar surface area (TPSA) is 17.8 Å². The van der Waals surface area contributed by atoms with Gasteiger partial charge in [0.1, 0.15) is 5.82 Å². The first-order valence-corrected chi connectivity index (χ1v) is 8.11. The lowest BCUT2D eigenvalue weighted by atomic mass is 9.94. The van der Waals surface area contributed by atoms with Gasteiger partial charge >= 0.3 is 0 Å². The molecule has 19 heavy (non-hydrogen) atoms. The van der Waals surface area contributed by atoms with Crippen molar-refractivity contribution < 1.29 is 0 Å². The maximum Gasteiger partial charge on any atom is 0.111 e. The van der Waals surface area contributed by atoms with Gasteiger partial charge in [-0.2, -0.15) is 0 Å². The molecule has 0 amide bonds. The van der Waals surface area contributed by atoms with Crippen LogP contribution in [0.25, 0.3) is 11.0 Å². The summed E-state index contributed by atoms with van der Waals surface area (Å²) >= 11 is 9.46. The molecule has 0 aliphatic rings. The number of nitrogens with zero attached hydrogens (tertiary/aromatic N) is 2. The van der Waals surface area contributed by atoms with Crippen LogP contribution in [0.1, 0.15) is 39.4 Å². The van der Waals surface area contributed by atoms with Gasteiger partial charge in [0.15, 0.2) is 0 Å². The van der Waals surface area contributed by atoms with Gasteiger partial charge < -0.3 is 4.57 Å². The van der Waals surface area contributed by atoms with Crippen LogP contribution in [0, 0.1) is 0 Å². The zero-order chi connectivity index (χ0) is 14.0. The standard InChI is InChI=1S/C15H20BrClN2/c1-4-15(3,5-2)19-13-7-6-11(16)10-12(13)18-14(19)8-9-17/h6-7,10H,4-5,8-9H2,1-3H3. The van der Waals surface area contributed by atoms with Gasteiger partial charge in [-0.05, 0) is 38.0 Å². The third kappa shape index (κ3) is 2.68. The Kier molecular flexibility index (Phi) is 4.57. The Bertz CT molecular complexity index is 573. The second-order valence-electron chi connectivity index (χ2n) is 5.14. The molecule has 0 radical (unpaired) electrons. The summed E-state index contributed by atoms with van der Waals surface area (Å²) in [5, 5.41) is 0. The fourth-order valence-electron chi connectivity index (χ4n) is 2.52. The zero-order valence-electron chi connectivity index (χ0n) is 11.7. The molecule has 4 heteroatoms. The minimum Gasteiger partial charge on any atom is -0.322 e. The number of hydrogen-bond donors (Lipinski definition) is 0. The number of fused-ring (bicyclic) bond motifs is 1. The summed E-state index contributed by atoms with van der Waals surface area (Å²) in [6, 6.07) is 6.31. The predicted molar refractivity (Wildman–Crippen MR) is 86.1 cm³/mol. The van der Waals surface area contributed by atoms with E-state index in [4.69, 9.17) is 16.6 Å². The van der Waals surface area contributed by atoms with Gasteiger partial charge in [0.05, 0.1) is 11.0 Å². The maximum absolute atomic E-state index is 5.94. The van der Waals surface area contributed by atoms with Gasteiger partial charge in [0.2, 0.25) is 0 Å². The number of rotatable bonds is 5. The molecule has 1 heterocycles. The second-order valence-corrected chi connectivity index (χ2v) is 6.43. The number of imidazole rings is 1. The number of hydrogen-bond acceptors (Lipinski definition) is 1. The summed E-state index contributed by atoms with van der Waals surface area (Å²) in [6.45, 7) is 6.77. The predicted octanol–water partition coefficient (Wildman–Crippen LogP) is 5.12. The molecule has 0 bridgehead atoms. The van der Waals surface area contributed by atoms with E-state index >= 15 is 0 Å². The van der Waals surface area contributed by atoms with Crippen LogP contribution in [0.3, 0.4) is 0 Å². The SMILES string of the molecule is CCC(C)(CC)n1c(CCCl)nc2cc(Br)ccc21. The smallest absolute Gasteiger partial charge is 0.111 e. The molecule has 0 unspecified atom stereocenters. The molecule has 1 aromatic carbocycles. The van der Waals surface area contributed by atoms with Crippen molar-refractivity contribution in [3.05, 3.63) is 28.5 Å². The van der Waals surface area contributed by atoms with Crippen LogP contribution in [-0.2, 0) is 12.0 Å². The first kappa shape index (κ1) is 14.9. The van der Waals surface area contributed by atoms with E-state index in [-0.39, 0.29) is 5.54 Å². The minimum atomic E-state index is 0.101. The van der Waals surface area contributed by atoms with Gasteiger partial charge in [0.25, 0.3) is 0 Å². The highest BCUT2D eigenvalue weighted by Crippen LogP contribution is 2.32. The molecular weight excluding hydrogens is 324 g/mol. The molecule has 0 aliphatic heterocycles. The monoisotopic (exact) mass is 342 g/mol. The normalized spacial score (nSPS) is 12.3. The summed E-state index contributed by atoms with van der Waals surface area (Å²) in [5.74, 6) is 1.70. The van der Waals surface area contributed by atoms with Gasteiger partial charge in [-0.25, -0.2) is 4.98 Å². The molecule has 0 aliphatic carbocycles. The van der Waals surface area contributed by atoms with E-state index < -0.39 is 0 Å². The number of halogens is 2. The third-order valence-corrected chi connectivity index (χ3v) is 4.75. The molecule has 0 atom stereocenters. The van der Waals surface area contributed by atoms with Crippen LogP contribution in [-0.4, -0.2) is 15.4 Å². The molecule has 0 saturated heterocycles. The van der Waals surface area contributed by atoms with E-state index in [1.165, 1.54) is 5.52 Å². The van der Waals surface area contributed by atoms with Gasteiger partial charge in [-0.1, -0.05) is 29.8 Å². The highest BCUT2D eigenvalue weighted by Gasteiger charge is 2.27. The first-order valence-electron chi connectivity index (χ1n) is 6.79. The van der Waals surface area contributed by atoms with Crippen molar-refractivity contribution >= 4 is 38.6 Å². The van der Waals surface area contributed by atoms with Crippen LogP contribution in [0.2, 0.25) is 0 Å². The Hall–Kier alpha value is -0.540. The molecule has 0 N–H and O–H groups in total. The Morgan fingerprint density at radius 2 is 2.00 bits per heavy atom. The van der Waals surface area contributed by atoms with Gasteiger partial charge in [-0.3, -0.25) is 0 Å². The summed E-state index contributed by atoms with van der Waals surface area (Å²) in [4.78, 5) is 4.77. The number of alkyl halides is 1. The van der Waals surface area contributed by atoms with Gasteiger partial charge in [-0.15, -0.1) is 11.6 Å². The highest BCUT2D eigenvalue weighted by atomic mass is 79.9. The Morgan fingerprint density at radius 3 is 2.58 bits per heavy atom. The van der Waals surface area contributed by atoms with Crippen molar-refractivity contribution in [2.24, 2.45) is 0 Å². The van der Waals surface area contributed by atoms with Crippen LogP contribution in [0.5, 0.6) is 0 Å². The van der Waals surface area contributed by atoms with Crippen molar-refractivity contribution in [3.8, 4) is 0 Å². The molecule has 104 valence electrons. The average Bonchev–Trinajstić information content (AvgIpc) is 2.76. The summed E-state index contributed by atoms with van der Waals surface area (Å²) in [5.41, 5.74) is 2.35. The quantitative estimate of drug-likeness (QED) is 0.689. The zero-order valence-corrected chi connectivity index (χ0v) is 14.1. The van der Waals surface area contributed by atoms with E-state index in [0.29, 0.717) is 5.88 Å².